The predicted octanol–water partition coefficient (Wildman–Crippen LogP) is 5.03. The number of ether oxygens (including phenoxy) is 2. The molecule has 3 heterocycles. The van der Waals surface area contributed by atoms with Crippen LogP contribution >= 0.6 is 11.3 Å². The van der Waals surface area contributed by atoms with Gasteiger partial charge in [0.15, 0.2) is 0 Å². The van der Waals surface area contributed by atoms with Crippen molar-refractivity contribution in [3.8, 4) is 16.5 Å². The van der Waals surface area contributed by atoms with Crippen LogP contribution in [0.3, 0.4) is 0 Å². The number of rotatable bonds is 9. The molecule has 32 heavy (non-hydrogen) atoms. The summed E-state index contributed by atoms with van der Waals surface area (Å²) < 4.78 is 17.0. The molecule has 0 radical (unpaired) electrons. The number of carbonyl (C=O) groups excluding carboxylic acids is 1. The smallest absolute Gasteiger partial charge is 0.323 e. The number of esters is 1. The Kier molecular flexibility index (Phi) is 7.27. The zero-order chi connectivity index (χ0) is 22.5. The van der Waals surface area contributed by atoms with Crippen LogP contribution in [-0.4, -0.2) is 42.2 Å². The first kappa shape index (κ1) is 22.6. The third-order valence-electron chi connectivity index (χ3n) is 6.02. The van der Waals surface area contributed by atoms with Gasteiger partial charge in [0.2, 0.25) is 5.89 Å². The molecule has 0 N–H and O–H groups in total. The zero-order valence-electron chi connectivity index (χ0n) is 18.9. The molecule has 0 aliphatic carbocycles. The molecule has 0 bridgehead atoms. The van der Waals surface area contributed by atoms with E-state index < -0.39 is 0 Å². The van der Waals surface area contributed by atoms with Gasteiger partial charge in [-0.15, -0.1) is 11.3 Å². The largest absolute Gasteiger partial charge is 0.493 e. The van der Waals surface area contributed by atoms with Crippen molar-refractivity contribution in [1.82, 2.24) is 9.88 Å². The molecule has 0 saturated carbocycles. The van der Waals surface area contributed by atoms with Gasteiger partial charge in [0.25, 0.3) is 0 Å². The van der Waals surface area contributed by atoms with Gasteiger partial charge in [-0.25, -0.2) is 4.98 Å². The second-order valence-electron chi connectivity index (χ2n) is 8.00. The first-order valence-corrected chi connectivity index (χ1v) is 12.0. The van der Waals surface area contributed by atoms with Crippen LogP contribution in [0, 0.1) is 6.92 Å². The fourth-order valence-corrected chi connectivity index (χ4v) is 5.01. The monoisotopic (exact) mass is 454 g/mol. The van der Waals surface area contributed by atoms with E-state index in [-0.39, 0.29) is 12.0 Å². The molecular formula is C25H30N2O4S. The normalized spacial score (nSPS) is 16.4. The van der Waals surface area contributed by atoms with Gasteiger partial charge in [-0.05, 0) is 61.4 Å². The number of aryl methyl sites for hydroxylation is 1. The molecule has 1 fully saturated rings. The second kappa shape index (κ2) is 10.3. The number of carbonyl (C=O) groups is 1. The number of thiophene rings is 1. The SMILES string of the molecule is CCc1c(CN2CCCC2C(=O)OC)cccc1OCCc1nc(-c2cccs2)oc1C. The van der Waals surface area contributed by atoms with Crippen molar-refractivity contribution < 1.29 is 18.7 Å². The van der Waals surface area contributed by atoms with E-state index in [1.165, 1.54) is 18.2 Å². The van der Waals surface area contributed by atoms with E-state index in [0.29, 0.717) is 18.9 Å². The molecule has 1 aliphatic heterocycles. The van der Waals surface area contributed by atoms with Crippen LogP contribution < -0.4 is 4.74 Å². The molecule has 0 amide bonds. The summed E-state index contributed by atoms with van der Waals surface area (Å²) >= 11 is 1.62. The average molecular weight is 455 g/mol. The lowest BCUT2D eigenvalue weighted by atomic mass is 10.0. The van der Waals surface area contributed by atoms with Crippen molar-refractivity contribution in [3.05, 3.63) is 58.3 Å². The molecule has 1 aromatic carbocycles. The third-order valence-corrected chi connectivity index (χ3v) is 6.87. The van der Waals surface area contributed by atoms with Crippen LogP contribution in [0.15, 0.2) is 40.1 Å². The minimum absolute atomic E-state index is 0.141. The highest BCUT2D eigenvalue weighted by atomic mass is 32.1. The summed E-state index contributed by atoms with van der Waals surface area (Å²) in [5.41, 5.74) is 3.33. The lowest BCUT2D eigenvalue weighted by molar-refractivity contribution is -0.146. The molecular weight excluding hydrogens is 424 g/mol. The molecule has 1 aliphatic rings. The van der Waals surface area contributed by atoms with Gasteiger partial charge >= 0.3 is 5.97 Å². The van der Waals surface area contributed by atoms with Crippen molar-refractivity contribution in [2.24, 2.45) is 0 Å². The molecule has 6 nitrogen and oxygen atoms in total. The van der Waals surface area contributed by atoms with Gasteiger partial charge in [-0.1, -0.05) is 25.1 Å². The van der Waals surface area contributed by atoms with Gasteiger partial charge in [0.05, 0.1) is 24.3 Å². The summed E-state index contributed by atoms with van der Waals surface area (Å²) in [6, 6.07) is 10.0. The van der Waals surface area contributed by atoms with E-state index in [1.54, 1.807) is 11.3 Å². The maximum atomic E-state index is 12.1. The fourth-order valence-electron chi connectivity index (χ4n) is 4.36. The Balaban J connectivity index is 1.42. The molecule has 2 aromatic heterocycles. The Hall–Kier alpha value is -2.64. The molecule has 170 valence electrons. The Morgan fingerprint density at radius 3 is 2.94 bits per heavy atom. The Morgan fingerprint density at radius 1 is 1.31 bits per heavy atom. The van der Waals surface area contributed by atoms with Crippen LogP contribution in [0.4, 0.5) is 0 Å². The maximum absolute atomic E-state index is 12.1. The second-order valence-corrected chi connectivity index (χ2v) is 8.94. The Morgan fingerprint density at radius 2 is 2.19 bits per heavy atom. The standard InChI is InChI=1S/C25H30N2O4S/c1-4-19-18(16-27-13-6-9-21(27)25(28)29-3)8-5-10-22(19)30-14-12-20-17(2)31-24(26-20)23-11-7-15-32-23/h5,7-8,10-11,15,21H,4,6,9,12-14,16H2,1-3H3. The summed E-state index contributed by atoms with van der Waals surface area (Å²) in [5.74, 6) is 2.27. The summed E-state index contributed by atoms with van der Waals surface area (Å²) in [6.45, 7) is 6.26. The van der Waals surface area contributed by atoms with Crippen LogP contribution in [0.2, 0.25) is 0 Å². The number of benzene rings is 1. The Bertz CT molecular complexity index is 1040. The van der Waals surface area contributed by atoms with Crippen molar-refractivity contribution in [3.63, 3.8) is 0 Å². The number of hydrogen-bond acceptors (Lipinski definition) is 7. The quantitative estimate of drug-likeness (QED) is 0.423. The number of oxazole rings is 1. The van der Waals surface area contributed by atoms with E-state index in [0.717, 1.165) is 54.4 Å². The Labute approximate surface area is 193 Å². The van der Waals surface area contributed by atoms with Crippen LogP contribution in [0.1, 0.15) is 42.3 Å². The first-order chi connectivity index (χ1) is 15.6. The van der Waals surface area contributed by atoms with Crippen molar-refractivity contribution in [1.29, 1.82) is 0 Å². The van der Waals surface area contributed by atoms with E-state index in [9.17, 15) is 4.79 Å². The van der Waals surface area contributed by atoms with Crippen molar-refractivity contribution in [2.45, 2.75) is 52.1 Å². The topological polar surface area (TPSA) is 64.8 Å². The highest BCUT2D eigenvalue weighted by molar-refractivity contribution is 7.13. The van der Waals surface area contributed by atoms with Crippen LogP contribution in [0.5, 0.6) is 5.75 Å². The van der Waals surface area contributed by atoms with Gasteiger partial charge in [0.1, 0.15) is 17.6 Å². The van der Waals surface area contributed by atoms with Crippen molar-refractivity contribution in [2.75, 3.05) is 20.3 Å². The molecule has 1 saturated heterocycles. The highest BCUT2D eigenvalue weighted by Gasteiger charge is 2.31. The average Bonchev–Trinajstić information content (AvgIpc) is 3.55. The van der Waals surface area contributed by atoms with E-state index in [2.05, 4.69) is 22.9 Å². The van der Waals surface area contributed by atoms with Gasteiger partial charge in [-0.3, -0.25) is 9.69 Å². The fraction of sp³-hybridized carbons (Fsp3) is 0.440. The molecule has 1 unspecified atom stereocenters. The highest BCUT2D eigenvalue weighted by Crippen LogP contribution is 2.29. The van der Waals surface area contributed by atoms with Gasteiger partial charge in [0, 0.05) is 13.0 Å². The third kappa shape index (κ3) is 4.89. The van der Waals surface area contributed by atoms with Crippen LogP contribution in [-0.2, 0) is 28.9 Å². The van der Waals surface area contributed by atoms with E-state index in [4.69, 9.17) is 13.9 Å². The molecule has 7 heteroatoms. The molecule has 0 spiro atoms. The number of aromatic nitrogens is 1. The summed E-state index contributed by atoms with van der Waals surface area (Å²) in [7, 11) is 1.46. The summed E-state index contributed by atoms with van der Waals surface area (Å²) in [5, 5.41) is 2.02. The van der Waals surface area contributed by atoms with Crippen molar-refractivity contribution >= 4 is 17.3 Å². The number of methoxy groups -OCH3 is 1. The molecule has 3 aromatic rings. The minimum atomic E-state index is -0.151. The molecule has 4 rings (SSSR count). The zero-order valence-corrected chi connectivity index (χ0v) is 19.7. The lowest BCUT2D eigenvalue weighted by Crippen LogP contribution is -2.36. The minimum Gasteiger partial charge on any atom is -0.493 e. The number of likely N-dealkylation sites (tertiary alicyclic amines) is 1. The predicted molar refractivity (Wildman–Crippen MR) is 125 cm³/mol. The van der Waals surface area contributed by atoms with E-state index in [1.807, 2.05) is 36.6 Å². The van der Waals surface area contributed by atoms with Gasteiger partial charge in [-0.2, -0.15) is 0 Å². The van der Waals surface area contributed by atoms with Gasteiger partial charge < -0.3 is 13.9 Å². The number of nitrogens with zero attached hydrogens (tertiary/aromatic N) is 2. The molecule has 1 atom stereocenters. The summed E-state index contributed by atoms with van der Waals surface area (Å²) in [4.78, 5) is 20.0. The van der Waals surface area contributed by atoms with E-state index >= 15 is 0 Å². The lowest BCUT2D eigenvalue weighted by Gasteiger charge is -2.24. The maximum Gasteiger partial charge on any atom is 0.323 e. The number of hydrogen-bond donors (Lipinski definition) is 0. The first-order valence-electron chi connectivity index (χ1n) is 11.2. The van der Waals surface area contributed by atoms with Crippen LogP contribution in [0.25, 0.3) is 10.8 Å². The summed E-state index contributed by atoms with van der Waals surface area (Å²) in [6.07, 6.45) is 3.43.